The van der Waals surface area contributed by atoms with Gasteiger partial charge in [0.1, 0.15) is 0 Å². The number of sulfonamides is 1. The number of amides is 1. The number of carbonyl (C=O) groups excluding carboxylic acids is 1. The molecule has 3 rings (SSSR count). The minimum atomic E-state index is -3.84. The minimum Gasteiger partial charge on any atom is -0.348 e. The van der Waals surface area contributed by atoms with Gasteiger partial charge in [0.2, 0.25) is 0 Å². The van der Waals surface area contributed by atoms with E-state index in [1.807, 2.05) is 57.2 Å². The first kappa shape index (κ1) is 21.6. The lowest BCUT2D eigenvalue weighted by Crippen LogP contribution is -2.23. The van der Waals surface area contributed by atoms with Crippen LogP contribution in [0.1, 0.15) is 38.2 Å². The highest BCUT2D eigenvalue weighted by molar-refractivity contribution is 7.92. The Kier molecular flexibility index (Phi) is 6.27. The second kappa shape index (κ2) is 8.71. The van der Waals surface area contributed by atoms with E-state index in [2.05, 4.69) is 10.0 Å². The predicted molar refractivity (Wildman–Crippen MR) is 120 cm³/mol. The Morgan fingerprint density at radius 1 is 0.867 bits per heavy atom. The van der Waals surface area contributed by atoms with Crippen molar-refractivity contribution in [1.29, 1.82) is 0 Å². The molecule has 5 nitrogen and oxygen atoms in total. The fraction of sp³-hybridized carbons (Fsp3) is 0.208. The molecule has 0 fully saturated rings. The van der Waals surface area contributed by atoms with Crippen molar-refractivity contribution in [2.24, 2.45) is 0 Å². The molecule has 0 heterocycles. The lowest BCUT2D eigenvalue weighted by molar-refractivity contribution is 0.0950. The van der Waals surface area contributed by atoms with E-state index in [1.165, 1.54) is 6.07 Å². The summed E-state index contributed by atoms with van der Waals surface area (Å²) >= 11 is 0. The number of hydrogen-bond acceptors (Lipinski definition) is 3. The molecule has 0 saturated carbocycles. The number of benzene rings is 3. The van der Waals surface area contributed by atoms with Crippen LogP contribution in [-0.2, 0) is 16.6 Å². The van der Waals surface area contributed by atoms with Gasteiger partial charge in [-0.15, -0.1) is 0 Å². The van der Waals surface area contributed by atoms with Gasteiger partial charge in [0.25, 0.3) is 15.9 Å². The molecule has 0 radical (unpaired) electrons. The average molecular weight is 423 g/mol. The van der Waals surface area contributed by atoms with Gasteiger partial charge in [-0.2, -0.15) is 0 Å². The highest BCUT2D eigenvalue weighted by atomic mass is 32.2. The molecule has 1 amide bonds. The SMILES string of the molecule is Cc1ccc(CNC(=O)c2ccc(C)c(S(=O)(=O)Nc3cccc(C)c3C)c2)cc1. The van der Waals surface area contributed by atoms with E-state index in [0.29, 0.717) is 23.4 Å². The van der Waals surface area contributed by atoms with Gasteiger partial charge < -0.3 is 5.32 Å². The van der Waals surface area contributed by atoms with Gasteiger partial charge >= 0.3 is 0 Å². The molecule has 2 N–H and O–H groups in total. The highest BCUT2D eigenvalue weighted by Gasteiger charge is 2.20. The summed E-state index contributed by atoms with van der Waals surface area (Å²) in [6.07, 6.45) is 0. The highest BCUT2D eigenvalue weighted by Crippen LogP contribution is 2.24. The monoisotopic (exact) mass is 422 g/mol. The van der Waals surface area contributed by atoms with Gasteiger partial charge in [-0.1, -0.05) is 48.0 Å². The van der Waals surface area contributed by atoms with Crippen LogP contribution in [0, 0.1) is 27.7 Å². The molecular weight excluding hydrogens is 396 g/mol. The van der Waals surface area contributed by atoms with Crippen molar-refractivity contribution in [1.82, 2.24) is 5.32 Å². The maximum Gasteiger partial charge on any atom is 0.262 e. The molecule has 0 bridgehead atoms. The zero-order chi connectivity index (χ0) is 21.9. The molecule has 0 spiro atoms. The second-order valence-corrected chi connectivity index (χ2v) is 9.15. The maximum atomic E-state index is 13.0. The van der Waals surface area contributed by atoms with Crippen LogP contribution in [-0.4, -0.2) is 14.3 Å². The van der Waals surface area contributed by atoms with E-state index >= 15 is 0 Å². The number of nitrogens with one attached hydrogen (secondary N) is 2. The van der Waals surface area contributed by atoms with Crippen molar-refractivity contribution >= 4 is 21.6 Å². The Hall–Kier alpha value is -3.12. The van der Waals surface area contributed by atoms with Crippen molar-refractivity contribution in [3.05, 3.63) is 94.0 Å². The number of hydrogen-bond donors (Lipinski definition) is 2. The lowest BCUT2D eigenvalue weighted by Gasteiger charge is -2.14. The summed E-state index contributed by atoms with van der Waals surface area (Å²) in [5.74, 6) is -0.321. The molecule has 0 aliphatic rings. The summed E-state index contributed by atoms with van der Waals surface area (Å²) in [5, 5.41) is 2.84. The molecule has 0 atom stereocenters. The molecule has 30 heavy (non-hydrogen) atoms. The second-order valence-electron chi connectivity index (χ2n) is 7.50. The lowest BCUT2D eigenvalue weighted by atomic mass is 10.1. The first-order valence-electron chi connectivity index (χ1n) is 9.71. The summed E-state index contributed by atoms with van der Waals surface area (Å²) in [6, 6.07) is 18.0. The predicted octanol–water partition coefficient (Wildman–Crippen LogP) is 4.65. The van der Waals surface area contributed by atoms with E-state index in [-0.39, 0.29) is 10.8 Å². The molecule has 0 aliphatic heterocycles. The summed E-state index contributed by atoms with van der Waals surface area (Å²) in [6.45, 7) is 7.89. The van der Waals surface area contributed by atoms with Crippen molar-refractivity contribution in [2.75, 3.05) is 4.72 Å². The number of carbonyl (C=O) groups is 1. The minimum absolute atomic E-state index is 0.0893. The average Bonchev–Trinajstić information content (AvgIpc) is 2.71. The van der Waals surface area contributed by atoms with E-state index in [4.69, 9.17) is 0 Å². The van der Waals surface area contributed by atoms with Crippen LogP contribution in [0.25, 0.3) is 0 Å². The fourth-order valence-corrected chi connectivity index (χ4v) is 4.48. The van der Waals surface area contributed by atoms with Gasteiger partial charge in [-0.3, -0.25) is 9.52 Å². The van der Waals surface area contributed by atoms with E-state index in [1.54, 1.807) is 25.1 Å². The van der Waals surface area contributed by atoms with Crippen LogP contribution in [0.3, 0.4) is 0 Å². The Labute approximate surface area is 178 Å². The number of aryl methyl sites for hydroxylation is 3. The largest absolute Gasteiger partial charge is 0.348 e. The van der Waals surface area contributed by atoms with Gasteiger partial charge in [0.05, 0.1) is 10.6 Å². The quantitative estimate of drug-likeness (QED) is 0.607. The van der Waals surface area contributed by atoms with Crippen LogP contribution in [0.5, 0.6) is 0 Å². The molecule has 3 aromatic carbocycles. The van der Waals surface area contributed by atoms with Crippen LogP contribution >= 0.6 is 0 Å². The summed E-state index contributed by atoms with van der Waals surface area (Å²) in [5.41, 5.74) is 5.39. The van der Waals surface area contributed by atoms with Crippen molar-refractivity contribution < 1.29 is 13.2 Å². The third-order valence-electron chi connectivity index (χ3n) is 5.16. The Morgan fingerprint density at radius 2 is 1.57 bits per heavy atom. The first-order valence-corrected chi connectivity index (χ1v) is 11.2. The Morgan fingerprint density at radius 3 is 2.27 bits per heavy atom. The Bertz CT molecular complexity index is 1180. The molecule has 0 unspecified atom stereocenters. The van der Waals surface area contributed by atoms with E-state index in [9.17, 15) is 13.2 Å². The third-order valence-corrected chi connectivity index (χ3v) is 6.67. The van der Waals surface area contributed by atoms with Crippen LogP contribution in [0.15, 0.2) is 65.6 Å². The van der Waals surface area contributed by atoms with Gasteiger partial charge in [-0.25, -0.2) is 8.42 Å². The number of rotatable bonds is 6. The Balaban J connectivity index is 1.82. The van der Waals surface area contributed by atoms with Gasteiger partial charge in [0, 0.05) is 12.1 Å². The molecule has 3 aromatic rings. The summed E-state index contributed by atoms with van der Waals surface area (Å²) in [7, 11) is -3.84. The van der Waals surface area contributed by atoms with E-state index in [0.717, 1.165) is 22.3 Å². The van der Waals surface area contributed by atoms with Gasteiger partial charge in [0.15, 0.2) is 0 Å². The zero-order valence-corrected chi connectivity index (χ0v) is 18.4. The normalized spacial score (nSPS) is 11.2. The van der Waals surface area contributed by atoms with Crippen LogP contribution in [0.4, 0.5) is 5.69 Å². The third kappa shape index (κ3) is 4.89. The molecular formula is C24H26N2O3S. The van der Waals surface area contributed by atoms with Crippen molar-refractivity contribution in [3.63, 3.8) is 0 Å². The van der Waals surface area contributed by atoms with Gasteiger partial charge in [-0.05, 0) is 68.1 Å². The number of anilines is 1. The van der Waals surface area contributed by atoms with Crippen molar-refractivity contribution in [2.45, 2.75) is 39.1 Å². The topological polar surface area (TPSA) is 75.3 Å². The molecule has 0 saturated heterocycles. The molecule has 0 aliphatic carbocycles. The van der Waals surface area contributed by atoms with E-state index < -0.39 is 10.0 Å². The van der Waals surface area contributed by atoms with Crippen molar-refractivity contribution in [3.8, 4) is 0 Å². The molecule has 0 aromatic heterocycles. The summed E-state index contributed by atoms with van der Waals surface area (Å²) in [4.78, 5) is 12.7. The standard InChI is InChI=1S/C24H26N2O3S/c1-16-8-11-20(12-9-16)15-25-24(27)21-13-10-18(3)23(14-21)30(28,29)26-22-7-5-6-17(2)19(22)4/h5-14,26H,15H2,1-4H3,(H,25,27). The molecule has 156 valence electrons. The van der Waals surface area contributed by atoms with Crippen LogP contribution in [0.2, 0.25) is 0 Å². The maximum absolute atomic E-state index is 13.0. The molecule has 6 heteroatoms. The fourth-order valence-electron chi connectivity index (χ4n) is 3.08. The first-order chi connectivity index (χ1) is 14.2. The zero-order valence-electron chi connectivity index (χ0n) is 17.6. The summed E-state index contributed by atoms with van der Waals surface area (Å²) < 4.78 is 28.7. The van der Waals surface area contributed by atoms with Crippen LogP contribution < -0.4 is 10.0 Å². The smallest absolute Gasteiger partial charge is 0.262 e.